The molecule has 2 amide bonds. The number of hydrogen-bond donors (Lipinski definition) is 3. The van der Waals surface area contributed by atoms with Crippen LogP contribution >= 0.6 is 0 Å². The normalized spacial score (nSPS) is 20.2. The van der Waals surface area contributed by atoms with Crippen molar-refractivity contribution < 1.29 is 27.5 Å². The number of benzene rings is 1. The second-order valence-electron chi connectivity index (χ2n) is 12.1. The number of amidine groups is 1. The van der Waals surface area contributed by atoms with Gasteiger partial charge in [-0.3, -0.25) is 14.5 Å². The van der Waals surface area contributed by atoms with Crippen LogP contribution in [-0.4, -0.2) is 81.8 Å². The fourth-order valence-corrected chi connectivity index (χ4v) is 6.79. The molecular weight excluding hydrogens is 637 g/mol. The van der Waals surface area contributed by atoms with Crippen LogP contribution in [-0.2, 0) is 11.0 Å². The summed E-state index contributed by atoms with van der Waals surface area (Å²) in [6.07, 6.45) is 10.3. The third-order valence-electron chi connectivity index (χ3n) is 9.37. The van der Waals surface area contributed by atoms with E-state index in [-0.39, 0.29) is 41.5 Å². The van der Waals surface area contributed by atoms with Crippen LogP contribution in [0.3, 0.4) is 0 Å². The summed E-state index contributed by atoms with van der Waals surface area (Å²) in [5, 5.41) is 6.09. The number of carbonyl (C=O) groups is 2. The average molecular weight is 679 g/mol. The van der Waals surface area contributed by atoms with E-state index in [1.54, 1.807) is 24.4 Å². The number of pyridine rings is 1. The predicted molar refractivity (Wildman–Crippen MR) is 181 cm³/mol. The summed E-state index contributed by atoms with van der Waals surface area (Å²) in [5.41, 5.74) is 7.32. The van der Waals surface area contributed by atoms with Crippen molar-refractivity contribution in [2.24, 2.45) is 16.6 Å². The molecule has 1 saturated carbocycles. The molecule has 2 fully saturated rings. The first-order chi connectivity index (χ1) is 23.5. The Bertz CT molecular complexity index is 1700. The molecule has 2 atom stereocenters. The number of anilines is 1. The number of carbonyl (C=O) groups excluding carboxylic acids is 2. The molecule has 1 aliphatic carbocycles. The Morgan fingerprint density at radius 3 is 2.59 bits per heavy atom. The Labute approximate surface area is 284 Å². The van der Waals surface area contributed by atoms with E-state index in [4.69, 9.17) is 10.5 Å². The quantitative estimate of drug-likeness (QED) is 0.315. The summed E-state index contributed by atoms with van der Waals surface area (Å²) in [5.74, 6) is 0.0555. The molecule has 3 aliphatic heterocycles. The third-order valence-corrected chi connectivity index (χ3v) is 9.37. The minimum absolute atomic E-state index is 0.0338. The number of piperazine rings is 1. The van der Waals surface area contributed by atoms with E-state index in [0.29, 0.717) is 41.6 Å². The summed E-state index contributed by atoms with van der Waals surface area (Å²) < 4.78 is 45.5. The Morgan fingerprint density at radius 2 is 1.94 bits per heavy atom. The van der Waals surface area contributed by atoms with Crippen LogP contribution in [0.5, 0.6) is 5.75 Å². The summed E-state index contributed by atoms with van der Waals surface area (Å²) in [6.45, 7) is 9.28. The van der Waals surface area contributed by atoms with Crippen molar-refractivity contribution in [2.45, 2.75) is 57.9 Å². The number of ether oxygens (including phenoxy) is 1. The third kappa shape index (κ3) is 6.80. The van der Waals surface area contributed by atoms with Gasteiger partial charge in [0.2, 0.25) is 5.91 Å². The molecule has 1 aromatic heterocycles. The summed E-state index contributed by atoms with van der Waals surface area (Å²) >= 11 is 0. The maximum absolute atomic E-state index is 13.6. The van der Waals surface area contributed by atoms with Crippen molar-refractivity contribution >= 4 is 29.2 Å². The molecule has 1 aromatic carbocycles. The number of rotatable bonds is 10. The first-order valence-electron chi connectivity index (χ1n) is 16.3. The molecule has 0 bridgehead atoms. The molecule has 0 radical (unpaired) electrons. The van der Waals surface area contributed by atoms with E-state index in [2.05, 4.69) is 52.2 Å². The largest absolute Gasteiger partial charge is 0.493 e. The number of hydrogen-bond acceptors (Lipinski definition) is 9. The molecule has 1 saturated heterocycles. The standard InChI is InChI=1S/C33H39F3N8O3.C2H2/c1-4-20(19-42-15-16-43(5-2)32(10-11-32)31(42)46)29-41-26(27-28(37)39-13-14-44(27)29)23-8-7-21(17-24(23)47-6-3)30(45)40-25-18-22(9-12-38-25)33(34,35)36;1-2/h7-9,12-14,17-18,20,29,41H,4-6,10-11,15-16,19H2,1-3H3,(H2,37,39)(H,38,40,45);1-2H. The number of nitrogens with one attached hydrogen (secondary N) is 2. The van der Waals surface area contributed by atoms with E-state index in [9.17, 15) is 22.8 Å². The highest BCUT2D eigenvalue weighted by atomic mass is 19.4. The van der Waals surface area contributed by atoms with Gasteiger partial charge in [-0.05, 0) is 63.1 Å². The van der Waals surface area contributed by atoms with Crippen LogP contribution in [0.1, 0.15) is 61.5 Å². The molecule has 4 N–H and O–H groups in total. The number of nitrogens with zero attached hydrogens (tertiary/aromatic N) is 5. The lowest BCUT2D eigenvalue weighted by Gasteiger charge is -2.43. The number of alkyl halides is 3. The van der Waals surface area contributed by atoms with Gasteiger partial charge >= 0.3 is 6.18 Å². The van der Waals surface area contributed by atoms with Gasteiger partial charge < -0.3 is 30.9 Å². The second kappa shape index (κ2) is 14.2. The molecule has 14 heteroatoms. The number of amides is 2. The van der Waals surface area contributed by atoms with Gasteiger partial charge in [-0.2, -0.15) is 13.2 Å². The highest BCUT2D eigenvalue weighted by Crippen LogP contribution is 2.45. The Morgan fingerprint density at radius 1 is 1.18 bits per heavy atom. The Balaban J connectivity index is 0.00000230. The van der Waals surface area contributed by atoms with Gasteiger partial charge in [0.05, 0.1) is 17.9 Å². The zero-order valence-corrected chi connectivity index (χ0v) is 27.8. The van der Waals surface area contributed by atoms with Gasteiger partial charge in [0, 0.05) is 55.3 Å². The minimum Gasteiger partial charge on any atom is -0.493 e. The van der Waals surface area contributed by atoms with Crippen LogP contribution in [0.25, 0.3) is 5.70 Å². The van der Waals surface area contributed by atoms with Gasteiger partial charge in [0.25, 0.3) is 5.91 Å². The van der Waals surface area contributed by atoms with E-state index in [0.717, 1.165) is 50.7 Å². The highest BCUT2D eigenvalue weighted by molar-refractivity contribution is 6.07. The Hall–Kier alpha value is -5.03. The fraction of sp³-hybridized carbons (Fsp3) is 0.429. The maximum atomic E-state index is 13.6. The topological polar surface area (TPSA) is 128 Å². The van der Waals surface area contributed by atoms with Gasteiger partial charge in [-0.1, -0.05) is 13.8 Å². The lowest BCUT2D eigenvalue weighted by molar-refractivity contribution is -0.145. The van der Waals surface area contributed by atoms with Gasteiger partial charge in [0.15, 0.2) is 0 Å². The molecule has 260 valence electrons. The average Bonchev–Trinajstić information content (AvgIpc) is 3.79. The molecule has 49 heavy (non-hydrogen) atoms. The monoisotopic (exact) mass is 678 g/mol. The van der Waals surface area contributed by atoms with Crippen LogP contribution in [0, 0.1) is 18.8 Å². The SMILES string of the molecule is C#C.CCOc1cc(C(=O)Nc2cc(C(F)(F)F)ccn2)ccc1C1=C2C(N)=NC=CN2C(C(CC)CN2CCN(CC)C3(CC3)C2=O)N1. The molecule has 2 unspecified atom stereocenters. The molecule has 4 heterocycles. The molecule has 11 nitrogen and oxygen atoms in total. The molecule has 6 rings (SSSR count). The second-order valence-corrected chi connectivity index (χ2v) is 12.1. The van der Waals surface area contributed by atoms with Crippen molar-refractivity contribution in [2.75, 3.05) is 38.1 Å². The molecule has 2 aromatic rings. The van der Waals surface area contributed by atoms with Crippen molar-refractivity contribution in [3.63, 3.8) is 0 Å². The predicted octanol–water partition coefficient (Wildman–Crippen LogP) is 4.47. The molecule has 4 aliphatic rings. The van der Waals surface area contributed by atoms with Crippen molar-refractivity contribution in [1.82, 2.24) is 25.0 Å². The summed E-state index contributed by atoms with van der Waals surface area (Å²) in [7, 11) is 0. The van der Waals surface area contributed by atoms with E-state index >= 15 is 0 Å². The van der Waals surface area contributed by atoms with Crippen LogP contribution < -0.4 is 21.1 Å². The van der Waals surface area contributed by atoms with Crippen LogP contribution in [0.15, 0.2) is 59.6 Å². The molecular formula is C35H41F3N8O3. The van der Waals surface area contributed by atoms with Crippen molar-refractivity contribution in [1.29, 1.82) is 0 Å². The minimum atomic E-state index is -4.57. The van der Waals surface area contributed by atoms with Crippen LogP contribution in [0.2, 0.25) is 0 Å². The summed E-state index contributed by atoms with van der Waals surface area (Å²) in [4.78, 5) is 41.3. The number of nitrogens with two attached hydrogens (primary N) is 1. The lowest BCUT2D eigenvalue weighted by Crippen LogP contribution is -2.60. The number of aliphatic imine (C=N–C) groups is 1. The van der Waals surface area contributed by atoms with Crippen molar-refractivity contribution in [3.05, 3.63) is 71.3 Å². The maximum Gasteiger partial charge on any atom is 0.416 e. The number of likely N-dealkylation sites (N-methyl/N-ethyl adjacent to an activating group) is 1. The van der Waals surface area contributed by atoms with E-state index in [1.165, 1.54) is 0 Å². The highest BCUT2D eigenvalue weighted by Gasteiger charge is 2.58. The number of terminal acetylenes is 1. The van der Waals surface area contributed by atoms with Gasteiger partial charge in [-0.25, -0.2) is 9.98 Å². The number of halogens is 3. The first-order valence-corrected chi connectivity index (χ1v) is 16.3. The molecule has 1 spiro atoms. The zero-order chi connectivity index (χ0) is 35.5. The van der Waals surface area contributed by atoms with Crippen molar-refractivity contribution in [3.8, 4) is 18.6 Å². The van der Waals surface area contributed by atoms with E-state index < -0.39 is 17.6 Å². The number of aromatic nitrogens is 1. The van der Waals surface area contributed by atoms with Crippen LogP contribution in [0.4, 0.5) is 19.0 Å². The van der Waals surface area contributed by atoms with E-state index in [1.807, 2.05) is 22.9 Å². The van der Waals surface area contributed by atoms with Gasteiger partial charge in [0.1, 0.15) is 34.8 Å². The Kier molecular flexibility index (Phi) is 10.2. The fourth-order valence-electron chi connectivity index (χ4n) is 6.79. The summed E-state index contributed by atoms with van der Waals surface area (Å²) in [6, 6.07) is 6.44. The zero-order valence-electron chi connectivity index (χ0n) is 27.8. The first kappa shape index (κ1) is 35.3. The number of fused-ring (bicyclic) bond motifs is 1. The smallest absolute Gasteiger partial charge is 0.416 e. The van der Waals surface area contributed by atoms with Gasteiger partial charge in [-0.15, -0.1) is 12.8 Å². The lowest BCUT2D eigenvalue weighted by atomic mass is 9.99.